The molecule has 0 fully saturated rings. The number of anilines is 1. The lowest BCUT2D eigenvalue weighted by atomic mass is 10.0. The van der Waals surface area contributed by atoms with Gasteiger partial charge in [-0.05, 0) is 54.8 Å². The SMILES string of the molecule is COc1ccc2c(c1)CCCN2C(=O)COc1ccc(Br)cc1C=O. The molecule has 0 spiro atoms. The molecule has 0 aromatic heterocycles. The summed E-state index contributed by atoms with van der Waals surface area (Å²) in [6, 6.07) is 10.8. The Kier molecular flexibility index (Phi) is 5.38. The minimum atomic E-state index is -0.133. The van der Waals surface area contributed by atoms with Crippen LogP contribution < -0.4 is 14.4 Å². The molecule has 3 rings (SSSR count). The van der Waals surface area contributed by atoms with Crippen LogP contribution in [0.15, 0.2) is 40.9 Å². The number of carbonyl (C=O) groups is 2. The van der Waals surface area contributed by atoms with Gasteiger partial charge in [-0.15, -0.1) is 0 Å². The van der Waals surface area contributed by atoms with Crippen molar-refractivity contribution in [3.8, 4) is 11.5 Å². The molecule has 1 amide bonds. The minimum absolute atomic E-state index is 0.117. The van der Waals surface area contributed by atoms with E-state index in [2.05, 4.69) is 15.9 Å². The molecule has 0 unspecified atom stereocenters. The van der Waals surface area contributed by atoms with Gasteiger partial charge < -0.3 is 14.4 Å². The van der Waals surface area contributed by atoms with Crippen molar-refractivity contribution < 1.29 is 19.1 Å². The number of aryl methyl sites for hydroxylation is 1. The van der Waals surface area contributed by atoms with E-state index in [1.807, 2.05) is 18.2 Å². The van der Waals surface area contributed by atoms with Gasteiger partial charge >= 0.3 is 0 Å². The lowest BCUT2D eigenvalue weighted by Crippen LogP contribution is -2.38. The molecule has 1 heterocycles. The molecule has 0 saturated heterocycles. The maximum Gasteiger partial charge on any atom is 0.264 e. The zero-order chi connectivity index (χ0) is 17.8. The van der Waals surface area contributed by atoms with Gasteiger partial charge in [0.25, 0.3) is 5.91 Å². The van der Waals surface area contributed by atoms with E-state index in [-0.39, 0.29) is 12.5 Å². The second-order valence-corrected chi connectivity index (χ2v) is 6.65. The van der Waals surface area contributed by atoms with Crippen molar-refractivity contribution in [1.82, 2.24) is 0 Å². The van der Waals surface area contributed by atoms with E-state index in [1.54, 1.807) is 30.2 Å². The molecule has 0 radical (unpaired) electrons. The highest BCUT2D eigenvalue weighted by Crippen LogP contribution is 2.30. The highest BCUT2D eigenvalue weighted by Gasteiger charge is 2.23. The number of hydrogen-bond acceptors (Lipinski definition) is 4. The summed E-state index contributed by atoms with van der Waals surface area (Å²) < 4.78 is 11.6. The van der Waals surface area contributed by atoms with Crippen molar-refractivity contribution in [1.29, 1.82) is 0 Å². The Morgan fingerprint density at radius 1 is 1.28 bits per heavy atom. The Hall–Kier alpha value is -2.34. The quantitative estimate of drug-likeness (QED) is 0.715. The molecule has 6 heteroatoms. The van der Waals surface area contributed by atoms with Crippen LogP contribution in [0.25, 0.3) is 0 Å². The average Bonchev–Trinajstić information content (AvgIpc) is 2.65. The summed E-state index contributed by atoms with van der Waals surface area (Å²) in [4.78, 5) is 25.5. The van der Waals surface area contributed by atoms with Gasteiger partial charge in [0, 0.05) is 16.7 Å². The van der Waals surface area contributed by atoms with Crippen LogP contribution in [0.5, 0.6) is 11.5 Å². The predicted octanol–water partition coefficient (Wildman–Crippen LogP) is 3.63. The van der Waals surface area contributed by atoms with Crippen LogP contribution in [0.2, 0.25) is 0 Å². The number of benzene rings is 2. The molecule has 5 nitrogen and oxygen atoms in total. The Morgan fingerprint density at radius 3 is 2.88 bits per heavy atom. The lowest BCUT2D eigenvalue weighted by Gasteiger charge is -2.29. The fourth-order valence-corrected chi connectivity index (χ4v) is 3.30. The first kappa shape index (κ1) is 17.5. The third-order valence-corrected chi connectivity index (χ3v) is 4.65. The number of carbonyl (C=O) groups excluding carboxylic acids is 2. The molecular formula is C19H18BrNO4. The number of aldehydes is 1. The molecule has 0 N–H and O–H groups in total. The number of ether oxygens (including phenoxy) is 2. The van der Waals surface area contributed by atoms with Gasteiger partial charge in [-0.2, -0.15) is 0 Å². The van der Waals surface area contributed by atoms with Gasteiger partial charge in [0.1, 0.15) is 11.5 Å². The fourth-order valence-electron chi connectivity index (χ4n) is 2.92. The van der Waals surface area contributed by atoms with Crippen molar-refractivity contribution in [3.05, 3.63) is 52.0 Å². The van der Waals surface area contributed by atoms with E-state index in [9.17, 15) is 9.59 Å². The Bertz CT molecular complexity index is 806. The zero-order valence-corrected chi connectivity index (χ0v) is 15.4. The molecule has 130 valence electrons. The first-order valence-electron chi connectivity index (χ1n) is 7.97. The molecule has 2 aromatic carbocycles. The van der Waals surface area contributed by atoms with Crippen LogP contribution in [0.3, 0.4) is 0 Å². The topological polar surface area (TPSA) is 55.8 Å². The van der Waals surface area contributed by atoms with Gasteiger partial charge in [0.15, 0.2) is 12.9 Å². The van der Waals surface area contributed by atoms with Gasteiger partial charge in [0.2, 0.25) is 0 Å². The van der Waals surface area contributed by atoms with Crippen LogP contribution in [0.1, 0.15) is 22.3 Å². The van der Waals surface area contributed by atoms with Crippen molar-refractivity contribution in [2.24, 2.45) is 0 Å². The van der Waals surface area contributed by atoms with Gasteiger partial charge in [-0.1, -0.05) is 15.9 Å². The van der Waals surface area contributed by atoms with Gasteiger partial charge in [0.05, 0.1) is 12.7 Å². The molecule has 2 aromatic rings. The van der Waals surface area contributed by atoms with Gasteiger partial charge in [-0.25, -0.2) is 0 Å². The molecule has 1 aliphatic heterocycles. The van der Waals surface area contributed by atoms with Crippen molar-refractivity contribution in [2.45, 2.75) is 12.8 Å². The second-order valence-electron chi connectivity index (χ2n) is 5.73. The van der Waals surface area contributed by atoms with E-state index in [4.69, 9.17) is 9.47 Å². The fraction of sp³-hybridized carbons (Fsp3) is 0.263. The predicted molar refractivity (Wildman–Crippen MR) is 98.7 cm³/mol. The number of hydrogen-bond donors (Lipinski definition) is 0. The summed E-state index contributed by atoms with van der Waals surface area (Å²) in [5.74, 6) is 1.05. The summed E-state index contributed by atoms with van der Waals surface area (Å²) in [6.45, 7) is 0.538. The first-order chi connectivity index (χ1) is 12.1. The maximum atomic E-state index is 12.6. The van der Waals surface area contributed by atoms with E-state index < -0.39 is 0 Å². The monoisotopic (exact) mass is 403 g/mol. The highest BCUT2D eigenvalue weighted by molar-refractivity contribution is 9.10. The van der Waals surface area contributed by atoms with Crippen LogP contribution in [0, 0.1) is 0 Å². The molecule has 25 heavy (non-hydrogen) atoms. The minimum Gasteiger partial charge on any atom is -0.497 e. The second kappa shape index (κ2) is 7.70. The summed E-state index contributed by atoms with van der Waals surface area (Å²) in [5, 5.41) is 0. The van der Waals surface area contributed by atoms with Crippen molar-refractivity contribution in [3.63, 3.8) is 0 Å². The standard InChI is InChI=1S/C19H18BrNO4/c1-24-16-5-6-17-13(10-16)3-2-8-21(17)19(23)12-25-18-7-4-15(20)9-14(18)11-22/h4-7,9-11H,2-3,8,12H2,1H3. The van der Waals surface area contributed by atoms with Crippen LogP contribution >= 0.6 is 15.9 Å². The average molecular weight is 404 g/mol. The number of amides is 1. The van der Waals surface area contributed by atoms with E-state index in [0.29, 0.717) is 24.1 Å². The normalized spacial score (nSPS) is 13.1. The van der Waals surface area contributed by atoms with Crippen molar-refractivity contribution in [2.75, 3.05) is 25.2 Å². The number of methoxy groups -OCH3 is 1. The van der Waals surface area contributed by atoms with E-state index in [1.165, 1.54) is 0 Å². The van der Waals surface area contributed by atoms with Crippen LogP contribution in [0.4, 0.5) is 5.69 Å². The molecule has 0 atom stereocenters. The van der Waals surface area contributed by atoms with E-state index in [0.717, 1.165) is 34.3 Å². The molecule has 1 aliphatic rings. The molecular weight excluding hydrogens is 386 g/mol. The smallest absolute Gasteiger partial charge is 0.264 e. The lowest BCUT2D eigenvalue weighted by molar-refractivity contribution is -0.120. The van der Waals surface area contributed by atoms with Gasteiger partial charge in [-0.3, -0.25) is 9.59 Å². The first-order valence-corrected chi connectivity index (χ1v) is 8.76. The van der Waals surface area contributed by atoms with E-state index >= 15 is 0 Å². The zero-order valence-electron chi connectivity index (χ0n) is 13.8. The Balaban J connectivity index is 1.74. The molecule has 0 saturated carbocycles. The molecule has 0 bridgehead atoms. The summed E-state index contributed by atoms with van der Waals surface area (Å²) in [5.41, 5.74) is 2.40. The number of rotatable bonds is 5. The number of halogens is 1. The van der Waals surface area contributed by atoms with Crippen LogP contribution in [-0.2, 0) is 11.2 Å². The largest absolute Gasteiger partial charge is 0.497 e. The maximum absolute atomic E-state index is 12.6. The Labute approximate surface area is 154 Å². The molecule has 0 aliphatic carbocycles. The van der Waals surface area contributed by atoms with Crippen molar-refractivity contribution >= 4 is 33.8 Å². The third-order valence-electron chi connectivity index (χ3n) is 4.16. The highest BCUT2D eigenvalue weighted by atomic mass is 79.9. The Morgan fingerprint density at radius 2 is 2.12 bits per heavy atom. The van der Waals surface area contributed by atoms with Crippen LogP contribution in [-0.4, -0.2) is 32.5 Å². The summed E-state index contributed by atoms with van der Waals surface area (Å²) in [6.07, 6.45) is 2.52. The summed E-state index contributed by atoms with van der Waals surface area (Å²) >= 11 is 3.31. The number of fused-ring (bicyclic) bond motifs is 1. The number of nitrogens with zero attached hydrogens (tertiary/aromatic N) is 1. The third kappa shape index (κ3) is 3.85. The summed E-state index contributed by atoms with van der Waals surface area (Å²) in [7, 11) is 1.63.